The summed E-state index contributed by atoms with van der Waals surface area (Å²) in [6.07, 6.45) is 3.35. The molecule has 0 saturated carbocycles. The van der Waals surface area contributed by atoms with E-state index >= 15 is 0 Å². The van der Waals surface area contributed by atoms with Crippen LogP contribution in [0.4, 0.5) is 5.69 Å². The first-order valence-corrected chi connectivity index (χ1v) is 7.07. The smallest absolute Gasteiger partial charge is 0.253 e. The molecule has 0 spiro atoms. The third-order valence-corrected chi connectivity index (χ3v) is 3.36. The molecule has 0 aromatic heterocycles. The molecule has 19 heavy (non-hydrogen) atoms. The van der Waals surface area contributed by atoms with Crippen molar-refractivity contribution in [3.63, 3.8) is 0 Å². The van der Waals surface area contributed by atoms with Crippen LogP contribution < -0.4 is 11.1 Å². The number of nitrogen functional groups attached to an aromatic ring is 1. The molecule has 1 rings (SSSR count). The first-order chi connectivity index (χ1) is 8.91. The second-order valence-corrected chi connectivity index (χ2v) is 5.74. The normalized spacial score (nSPS) is 12.5. The van der Waals surface area contributed by atoms with Gasteiger partial charge in [-0.25, -0.2) is 0 Å². The van der Waals surface area contributed by atoms with Gasteiger partial charge in [0.25, 0.3) is 5.91 Å². The van der Waals surface area contributed by atoms with Crippen LogP contribution in [0.15, 0.2) is 18.2 Å². The molecule has 0 aliphatic rings. The molecule has 1 unspecified atom stereocenters. The molecule has 3 nitrogen and oxygen atoms in total. The summed E-state index contributed by atoms with van der Waals surface area (Å²) in [5.41, 5.74) is 8.04. The summed E-state index contributed by atoms with van der Waals surface area (Å²) in [5, 5.41) is 3.02. The maximum atomic E-state index is 12.1. The van der Waals surface area contributed by atoms with Crippen LogP contribution >= 0.6 is 0 Å². The van der Waals surface area contributed by atoms with Gasteiger partial charge in [0.05, 0.1) is 5.56 Å². The van der Waals surface area contributed by atoms with E-state index in [2.05, 4.69) is 19.2 Å². The summed E-state index contributed by atoms with van der Waals surface area (Å²) in [6.45, 7) is 8.40. The molecule has 0 fully saturated rings. The number of nitrogens with two attached hydrogens (primary N) is 1. The summed E-state index contributed by atoms with van der Waals surface area (Å²) in [7, 11) is 0. The van der Waals surface area contributed by atoms with Gasteiger partial charge in [0, 0.05) is 11.7 Å². The Bertz CT molecular complexity index is 427. The molecule has 0 radical (unpaired) electrons. The molecular formula is C16H26N2O. The zero-order valence-corrected chi connectivity index (χ0v) is 12.5. The molecule has 1 aromatic rings. The molecule has 0 heterocycles. The molecule has 1 atom stereocenters. The Kier molecular flexibility index (Phi) is 5.87. The number of nitrogens with one attached hydrogen (secondary N) is 1. The number of carbonyl (C=O) groups is 1. The zero-order valence-electron chi connectivity index (χ0n) is 12.5. The van der Waals surface area contributed by atoms with E-state index in [1.54, 1.807) is 6.07 Å². The predicted molar refractivity (Wildman–Crippen MR) is 81.2 cm³/mol. The van der Waals surface area contributed by atoms with Crippen molar-refractivity contribution in [3.05, 3.63) is 29.3 Å². The largest absolute Gasteiger partial charge is 0.398 e. The van der Waals surface area contributed by atoms with Crippen molar-refractivity contribution in [3.8, 4) is 0 Å². The highest BCUT2D eigenvalue weighted by Gasteiger charge is 2.13. The fourth-order valence-corrected chi connectivity index (χ4v) is 2.08. The van der Waals surface area contributed by atoms with Crippen LogP contribution in [-0.4, -0.2) is 11.9 Å². The number of anilines is 1. The van der Waals surface area contributed by atoms with Crippen molar-refractivity contribution in [1.82, 2.24) is 5.32 Å². The van der Waals surface area contributed by atoms with Crippen LogP contribution in [0.1, 0.15) is 56.0 Å². The third kappa shape index (κ3) is 4.93. The van der Waals surface area contributed by atoms with Crippen molar-refractivity contribution in [2.45, 2.75) is 53.0 Å². The second-order valence-electron chi connectivity index (χ2n) is 5.74. The molecule has 1 aromatic carbocycles. The van der Waals surface area contributed by atoms with Gasteiger partial charge >= 0.3 is 0 Å². The number of amides is 1. The lowest BCUT2D eigenvalue weighted by Crippen LogP contribution is -2.33. The van der Waals surface area contributed by atoms with Crippen LogP contribution in [0.2, 0.25) is 0 Å². The summed E-state index contributed by atoms with van der Waals surface area (Å²) in [4.78, 5) is 12.1. The Morgan fingerprint density at radius 3 is 2.58 bits per heavy atom. The van der Waals surface area contributed by atoms with Gasteiger partial charge in [-0.2, -0.15) is 0 Å². The zero-order chi connectivity index (χ0) is 14.4. The Morgan fingerprint density at radius 1 is 1.26 bits per heavy atom. The number of rotatable bonds is 6. The Balaban J connectivity index is 2.52. The molecule has 106 valence electrons. The van der Waals surface area contributed by atoms with Gasteiger partial charge in [-0.15, -0.1) is 0 Å². The minimum absolute atomic E-state index is 0.0711. The van der Waals surface area contributed by atoms with E-state index in [1.165, 1.54) is 6.42 Å². The first-order valence-electron chi connectivity index (χ1n) is 7.07. The highest BCUT2D eigenvalue weighted by molar-refractivity contribution is 5.99. The first kappa shape index (κ1) is 15.5. The number of hydrogen-bond acceptors (Lipinski definition) is 2. The van der Waals surface area contributed by atoms with E-state index in [4.69, 9.17) is 5.73 Å². The molecule has 0 aliphatic heterocycles. The number of para-hydroxylation sites is 1. The van der Waals surface area contributed by atoms with Crippen molar-refractivity contribution in [2.24, 2.45) is 5.92 Å². The molecule has 1 amide bonds. The van der Waals surface area contributed by atoms with E-state index in [-0.39, 0.29) is 11.9 Å². The van der Waals surface area contributed by atoms with Gasteiger partial charge in [-0.05, 0) is 37.8 Å². The van der Waals surface area contributed by atoms with Crippen molar-refractivity contribution >= 4 is 11.6 Å². The molecular weight excluding hydrogens is 236 g/mol. The SMILES string of the molecule is Cc1cccc(C(=O)NC(C)CCCC(C)C)c1N. The molecule has 0 aliphatic carbocycles. The predicted octanol–water partition coefficient (Wildman–Crippen LogP) is 3.52. The lowest BCUT2D eigenvalue weighted by atomic mass is 10.0. The molecule has 0 saturated heterocycles. The Labute approximate surface area is 116 Å². The van der Waals surface area contributed by atoms with Crippen LogP contribution in [0.25, 0.3) is 0 Å². The van der Waals surface area contributed by atoms with E-state index < -0.39 is 0 Å². The van der Waals surface area contributed by atoms with E-state index in [1.807, 2.05) is 26.0 Å². The molecule has 3 N–H and O–H groups in total. The maximum Gasteiger partial charge on any atom is 0.253 e. The van der Waals surface area contributed by atoms with Gasteiger partial charge in [0.1, 0.15) is 0 Å². The van der Waals surface area contributed by atoms with E-state index in [9.17, 15) is 4.79 Å². The number of aryl methyl sites for hydroxylation is 1. The summed E-state index contributed by atoms with van der Waals surface area (Å²) in [6, 6.07) is 5.74. The Hall–Kier alpha value is -1.51. The minimum atomic E-state index is -0.0711. The molecule has 0 bridgehead atoms. The van der Waals surface area contributed by atoms with Gasteiger partial charge < -0.3 is 11.1 Å². The second kappa shape index (κ2) is 7.17. The topological polar surface area (TPSA) is 55.1 Å². The van der Waals surface area contributed by atoms with E-state index in [0.717, 1.165) is 24.3 Å². The Morgan fingerprint density at radius 2 is 1.95 bits per heavy atom. The third-order valence-electron chi connectivity index (χ3n) is 3.36. The standard InChI is InChI=1S/C16H26N2O/c1-11(2)7-5-9-13(4)18-16(19)14-10-6-8-12(3)15(14)17/h6,8,10-11,13H,5,7,9,17H2,1-4H3,(H,18,19). The van der Waals surface area contributed by atoms with Gasteiger partial charge in [-0.3, -0.25) is 4.79 Å². The maximum absolute atomic E-state index is 12.1. The quantitative estimate of drug-likeness (QED) is 0.771. The summed E-state index contributed by atoms with van der Waals surface area (Å²) in [5.74, 6) is 0.647. The summed E-state index contributed by atoms with van der Waals surface area (Å²) >= 11 is 0. The average molecular weight is 262 g/mol. The van der Waals surface area contributed by atoms with Crippen molar-refractivity contribution in [1.29, 1.82) is 0 Å². The van der Waals surface area contributed by atoms with Gasteiger partial charge in [0.15, 0.2) is 0 Å². The lowest BCUT2D eigenvalue weighted by Gasteiger charge is -2.16. The highest BCUT2D eigenvalue weighted by atomic mass is 16.1. The lowest BCUT2D eigenvalue weighted by molar-refractivity contribution is 0.0938. The van der Waals surface area contributed by atoms with Crippen LogP contribution in [-0.2, 0) is 0 Å². The van der Waals surface area contributed by atoms with Gasteiger partial charge in [-0.1, -0.05) is 38.8 Å². The van der Waals surface area contributed by atoms with Crippen LogP contribution in [0, 0.1) is 12.8 Å². The number of carbonyl (C=O) groups excluding carboxylic acids is 1. The summed E-state index contributed by atoms with van der Waals surface area (Å²) < 4.78 is 0. The average Bonchev–Trinajstić information content (AvgIpc) is 2.31. The fraction of sp³-hybridized carbons (Fsp3) is 0.562. The van der Waals surface area contributed by atoms with Crippen molar-refractivity contribution in [2.75, 3.05) is 5.73 Å². The fourth-order valence-electron chi connectivity index (χ4n) is 2.08. The number of hydrogen-bond donors (Lipinski definition) is 2. The van der Waals surface area contributed by atoms with Crippen molar-refractivity contribution < 1.29 is 4.79 Å². The number of benzene rings is 1. The highest BCUT2D eigenvalue weighted by Crippen LogP contribution is 2.16. The van der Waals surface area contributed by atoms with Crippen LogP contribution in [0.5, 0.6) is 0 Å². The molecule has 3 heteroatoms. The van der Waals surface area contributed by atoms with Gasteiger partial charge in [0.2, 0.25) is 0 Å². The van der Waals surface area contributed by atoms with E-state index in [0.29, 0.717) is 11.3 Å². The van der Waals surface area contributed by atoms with Crippen LogP contribution in [0.3, 0.4) is 0 Å². The monoisotopic (exact) mass is 262 g/mol. The minimum Gasteiger partial charge on any atom is -0.398 e.